The van der Waals surface area contributed by atoms with Gasteiger partial charge in [0.25, 0.3) is 0 Å². The van der Waals surface area contributed by atoms with E-state index < -0.39 is 11.5 Å². The number of amides is 2. The number of ether oxygens (including phenoxy) is 2. The number of hydrogen-bond acceptors (Lipinski definition) is 6. The smallest absolute Gasteiger partial charge is 0.410 e. The van der Waals surface area contributed by atoms with Gasteiger partial charge in [-0.3, -0.25) is 9.59 Å². The molecule has 1 aromatic rings. The Kier molecular flexibility index (Phi) is 7.87. The minimum absolute atomic E-state index is 0.0824. The summed E-state index contributed by atoms with van der Waals surface area (Å²) in [6, 6.07) is 5.66. The number of carbonyl (C=O) groups excluding carboxylic acids is 3. The van der Waals surface area contributed by atoms with Gasteiger partial charge in [-0.2, -0.15) is 0 Å². The third-order valence-corrected chi connectivity index (χ3v) is 6.36. The van der Waals surface area contributed by atoms with Crippen LogP contribution in [0.15, 0.2) is 18.2 Å². The third-order valence-electron chi connectivity index (χ3n) is 6.36. The van der Waals surface area contributed by atoms with Crippen LogP contribution in [-0.2, 0) is 14.3 Å². The molecule has 2 saturated heterocycles. The summed E-state index contributed by atoms with van der Waals surface area (Å²) in [5.41, 5.74) is 7.70. The van der Waals surface area contributed by atoms with Crippen LogP contribution in [0.1, 0.15) is 75.2 Å². The Balaban J connectivity index is 1.72. The summed E-state index contributed by atoms with van der Waals surface area (Å²) in [5.74, 6) is -0.397. The van der Waals surface area contributed by atoms with Crippen molar-refractivity contribution in [3.05, 3.63) is 29.3 Å². The van der Waals surface area contributed by atoms with Gasteiger partial charge in [0.2, 0.25) is 5.91 Å². The number of primary amides is 1. The lowest BCUT2D eigenvalue weighted by molar-refractivity contribution is -0.148. The minimum Gasteiger partial charge on any atom is -0.466 e. The van der Waals surface area contributed by atoms with Crippen LogP contribution in [0.25, 0.3) is 0 Å². The van der Waals surface area contributed by atoms with Crippen LogP contribution in [0.3, 0.4) is 0 Å². The van der Waals surface area contributed by atoms with Crippen molar-refractivity contribution in [2.45, 2.75) is 64.9 Å². The van der Waals surface area contributed by atoms with E-state index in [1.807, 2.05) is 39.8 Å². The molecule has 8 heteroatoms. The third kappa shape index (κ3) is 6.39. The monoisotopic (exact) mass is 459 g/mol. The fourth-order valence-electron chi connectivity index (χ4n) is 4.63. The molecule has 33 heavy (non-hydrogen) atoms. The van der Waals surface area contributed by atoms with Crippen LogP contribution < -0.4 is 10.6 Å². The number of benzene rings is 1. The molecule has 0 saturated carbocycles. The summed E-state index contributed by atoms with van der Waals surface area (Å²) < 4.78 is 10.7. The molecule has 0 aliphatic carbocycles. The molecule has 2 aliphatic rings. The van der Waals surface area contributed by atoms with E-state index in [9.17, 15) is 14.4 Å². The zero-order valence-corrected chi connectivity index (χ0v) is 20.3. The second-order valence-electron chi connectivity index (χ2n) is 9.89. The number of anilines is 1. The summed E-state index contributed by atoms with van der Waals surface area (Å²) in [4.78, 5) is 40.4. The first-order valence-electron chi connectivity index (χ1n) is 11.9. The topological polar surface area (TPSA) is 102 Å². The van der Waals surface area contributed by atoms with Gasteiger partial charge < -0.3 is 25.0 Å². The standard InChI is InChI=1S/C25H37N3O5/c1-5-32-23(30)18-10-12-27(13-11-18)21-16-19(22(26)29)6-7-20(21)17-8-14-28(15-9-17)24(31)33-25(2,3)4/h6-7,16-18H,5,8-15H2,1-4H3,(H2,26,29). The van der Waals surface area contributed by atoms with Gasteiger partial charge in [0.05, 0.1) is 12.5 Å². The van der Waals surface area contributed by atoms with Gasteiger partial charge in [-0.1, -0.05) is 6.07 Å². The highest BCUT2D eigenvalue weighted by Gasteiger charge is 2.31. The highest BCUT2D eigenvalue weighted by Crippen LogP contribution is 2.37. The van der Waals surface area contributed by atoms with Crippen molar-refractivity contribution in [2.75, 3.05) is 37.7 Å². The predicted molar refractivity (Wildman–Crippen MR) is 126 cm³/mol. The van der Waals surface area contributed by atoms with E-state index in [0.717, 1.165) is 44.5 Å². The average Bonchev–Trinajstić information content (AvgIpc) is 2.78. The van der Waals surface area contributed by atoms with Crippen molar-refractivity contribution in [1.82, 2.24) is 4.90 Å². The lowest BCUT2D eigenvalue weighted by Crippen LogP contribution is -2.42. The summed E-state index contributed by atoms with van der Waals surface area (Å²) >= 11 is 0. The zero-order valence-electron chi connectivity index (χ0n) is 20.3. The van der Waals surface area contributed by atoms with Crippen LogP contribution in [0.2, 0.25) is 0 Å². The predicted octanol–water partition coefficient (Wildman–Crippen LogP) is 3.68. The van der Waals surface area contributed by atoms with Gasteiger partial charge in [0, 0.05) is 37.4 Å². The van der Waals surface area contributed by atoms with Crippen molar-refractivity contribution in [3.8, 4) is 0 Å². The van der Waals surface area contributed by atoms with E-state index in [1.54, 1.807) is 11.0 Å². The van der Waals surface area contributed by atoms with Crippen LogP contribution in [0.5, 0.6) is 0 Å². The molecule has 2 amide bonds. The van der Waals surface area contributed by atoms with Crippen molar-refractivity contribution in [3.63, 3.8) is 0 Å². The molecule has 0 bridgehead atoms. The van der Waals surface area contributed by atoms with Gasteiger partial charge in [-0.15, -0.1) is 0 Å². The minimum atomic E-state index is -0.513. The molecule has 2 fully saturated rings. The Morgan fingerprint density at radius 2 is 1.67 bits per heavy atom. The largest absolute Gasteiger partial charge is 0.466 e. The second-order valence-corrected chi connectivity index (χ2v) is 9.89. The van der Waals surface area contributed by atoms with E-state index in [2.05, 4.69) is 4.90 Å². The van der Waals surface area contributed by atoms with Crippen molar-refractivity contribution in [1.29, 1.82) is 0 Å². The Morgan fingerprint density at radius 1 is 1.03 bits per heavy atom. The SMILES string of the molecule is CCOC(=O)C1CCN(c2cc(C(N)=O)ccc2C2CCN(C(=O)OC(C)(C)C)CC2)CC1. The fourth-order valence-corrected chi connectivity index (χ4v) is 4.63. The van der Waals surface area contributed by atoms with E-state index in [1.165, 1.54) is 5.56 Å². The highest BCUT2D eigenvalue weighted by molar-refractivity contribution is 5.94. The second kappa shape index (κ2) is 10.4. The number of nitrogens with two attached hydrogens (primary N) is 1. The van der Waals surface area contributed by atoms with E-state index in [-0.39, 0.29) is 23.9 Å². The van der Waals surface area contributed by atoms with Crippen molar-refractivity contribution in [2.24, 2.45) is 11.7 Å². The van der Waals surface area contributed by atoms with Gasteiger partial charge in [0.15, 0.2) is 0 Å². The maximum absolute atomic E-state index is 12.4. The summed E-state index contributed by atoms with van der Waals surface area (Å²) in [6.07, 6.45) is 2.81. The summed E-state index contributed by atoms with van der Waals surface area (Å²) in [6.45, 7) is 10.5. The number of piperidine rings is 2. The molecular weight excluding hydrogens is 422 g/mol. The molecular formula is C25H37N3O5. The van der Waals surface area contributed by atoms with Crippen molar-refractivity contribution >= 4 is 23.7 Å². The number of likely N-dealkylation sites (tertiary alicyclic amines) is 1. The first-order chi connectivity index (χ1) is 15.6. The number of nitrogens with zero attached hydrogens (tertiary/aromatic N) is 2. The molecule has 0 radical (unpaired) electrons. The van der Waals surface area contributed by atoms with E-state index in [0.29, 0.717) is 25.3 Å². The van der Waals surface area contributed by atoms with Gasteiger partial charge >= 0.3 is 12.1 Å². The fraction of sp³-hybridized carbons (Fsp3) is 0.640. The maximum Gasteiger partial charge on any atom is 0.410 e. The van der Waals surface area contributed by atoms with Crippen LogP contribution >= 0.6 is 0 Å². The average molecular weight is 460 g/mol. The highest BCUT2D eigenvalue weighted by atomic mass is 16.6. The first-order valence-corrected chi connectivity index (χ1v) is 11.9. The van der Waals surface area contributed by atoms with Crippen LogP contribution in [0.4, 0.5) is 10.5 Å². The van der Waals surface area contributed by atoms with Gasteiger partial charge in [-0.05, 0) is 77.0 Å². The number of hydrogen-bond donors (Lipinski definition) is 1. The van der Waals surface area contributed by atoms with Crippen molar-refractivity contribution < 1.29 is 23.9 Å². The first kappa shape index (κ1) is 24.9. The molecule has 182 valence electrons. The van der Waals surface area contributed by atoms with Crippen LogP contribution in [-0.4, -0.2) is 61.3 Å². The maximum atomic E-state index is 12.4. The molecule has 3 rings (SSSR count). The normalized spacial score (nSPS) is 18.2. The molecule has 0 spiro atoms. The Bertz CT molecular complexity index is 863. The molecule has 1 aromatic carbocycles. The number of esters is 1. The molecule has 8 nitrogen and oxygen atoms in total. The van der Waals surface area contributed by atoms with Gasteiger partial charge in [0.1, 0.15) is 5.60 Å². The number of carbonyl (C=O) groups is 3. The molecule has 2 heterocycles. The number of rotatable bonds is 5. The lowest BCUT2D eigenvalue weighted by atomic mass is 9.86. The molecule has 2 aliphatic heterocycles. The quantitative estimate of drug-likeness (QED) is 0.674. The Labute approximate surface area is 196 Å². The Hall–Kier alpha value is -2.77. The molecule has 0 unspecified atom stereocenters. The van der Waals surface area contributed by atoms with Crippen LogP contribution in [0, 0.1) is 5.92 Å². The molecule has 0 aromatic heterocycles. The summed E-state index contributed by atoms with van der Waals surface area (Å²) in [7, 11) is 0. The summed E-state index contributed by atoms with van der Waals surface area (Å²) in [5, 5.41) is 0. The zero-order chi connectivity index (χ0) is 24.2. The lowest BCUT2D eigenvalue weighted by Gasteiger charge is -2.38. The van der Waals surface area contributed by atoms with E-state index in [4.69, 9.17) is 15.2 Å². The Morgan fingerprint density at radius 3 is 2.21 bits per heavy atom. The van der Waals surface area contributed by atoms with E-state index >= 15 is 0 Å². The van der Waals surface area contributed by atoms with Gasteiger partial charge in [-0.25, -0.2) is 4.79 Å². The molecule has 0 atom stereocenters. The molecule has 2 N–H and O–H groups in total.